The van der Waals surface area contributed by atoms with E-state index in [0.717, 1.165) is 22.0 Å². The minimum absolute atomic E-state index is 0.222. The number of esters is 1. The number of methoxy groups -OCH3 is 1. The molecule has 0 aliphatic heterocycles. The van der Waals surface area contributed by atoms with Crippen LogP contribution in [-0.4, -0.2) is 28.0 Å². The van der Waals surface area contributed by atoms with E-state index in [1.807, 2.05) is 48.5 Å². The standard InChI is InChI=1S/C22H17N3O3/c1-27-20(26)14-15-6-8-17(9-7-15)28-22-18-4-2-3-5-19(18)24-21(25-22)16-10-12-23-13-11-16/h2-13H,14H2,1H3. The predicted molar refractivity (Wildman–Crippen MR) is 105 cm³/mol. The minimum atomic E-state index is -0.280. The second kappa shape index (κ2) is 7.84. The third-order valence-electron chi connectivity index (χ3n) is 4.22. The van der Waals surface area contributed by atoms with Crippen LogP contribution in [0, 0.1) is 0 Å². The van der Waals surface area contributed by atoms with Gasteiger partial charge >= 0.3 is 5.97 Å². The summed E-state index contributed by atoms with van der Waals surface area (Å²) in [5.41, 5.74) is 2.50. The number of hydrogen-bond donors (Lipinski definition) is 0. The number of carbonyl (C=O) groups excluding carboxylic acids is 1. The lowest BCUT2D eigenvalue weighted by Gasteiger charge is -2.10. The van der Waals surface area contributed by atoms with Crippen LogP contribution < -0.4 is 4.74 Å². The Morgan fingerprint density at radius 1 is 0.929 bits per heavy atom. The van der Waals surface area contributed by atoms with Crippen LogP contribution in [0.3, 0.4) is 0 Å². The van der Waals surface area contributed by atoms with Crippen molar-refractivity contribution in [1.29, 1.82) is 0 Å². The Hall–Kier alpha value is -3.80. The van der Waals surface area contributed by atoms with Crippen molar-refractivity contribution in [1.82, 2.24) is 15.0 Å². The van der Waals surface area contributed by atoms with Crippen molar-refractivity contribution < 1.29 is 14.3 Å². The molecule has 0 radical (unpaired) electrons. The van der Waals surface area contributed by atoms with Gasteiger partial charge in [0.15, 0.2) is 5.82 Å². The van der Waals surface area contributed by atoms with Crippen molar-refractivity contribution in [2.24, 2.45) is 0 Å². The lowest BCUT2D eigenvalue weighted by Crippen LogP contribution is -2.04. The minimum Gasteiger partial charge on any atom is -0.469 e. The fourth-order valence-corrected chi connectivity index (χ4v) is 2.78. The number of ether oxygens (including phenoxy) is 2. The molecule has 0 aliphatic rings. The molecule has 0 bridgehead atoms. The average molecular weight is 371 g/mol. The van der Waals surface area contributed by atoms with Gasteiger partial charge in [0.2, 0.25) is 5.88 Å². The molecular weight excluding hydrogens is 354 g/mol. The molecule has 2 heterocycles. The molecule has 0 spiro atoms. The summed E-state index contributed by atoms with van der Waals surface area (Å²) in [7, 11) is 1.38. The fourth-order valence-electron chi connectivity index (χ4n) is 2.78. The van der Waals surface area contributed by atoms with Crippen molar-refractivity contribution in [3.05, 3.63) is 78.6 Å². The van der Waals surface area contributed by atoms with Gasteiger partial charge in [-0.3, -0.25) is 9.78 Å². The number of aromatic nitrogens is 3. The Morgan fingerprint density at radius 3 is 2.43 bits per heavy atom. The average Bonchev–Trinajstić information content (AvgIpc) is 2.75. The van der Waals surface area contributed by atoms with E-state index in [1.54, 1.807) is 24.5 Å². The Morgan fingerprint density at radius 2 is 1.68 bits per heavy atom. The predicted octanol–water partition coefficient (Wildman–Crippen LogP) is 4.20. The zero-order chi connectivity index (χ0) is 19.3. The van der Waals surface area contributed by atoms with E-state index < -0.39 is 0 Å². The fraction of sp³-hybridized carbons (Fsp3) is 0.0909. The van der Waals surface area contributed by atoms with E-state index in [2.05, 4.69) is 15.0 Å². The molecule has 0 atom stereocenters. The maximum absolute atomic E-state index is 11.4. The van der Waals surface area contributed by atoms with Crippen molar-refractivity contribution in [3.63, 3.8) is 0 Å². The van der Waals surface area contributed by atoms with Crippen LogP contribution in [0.2, 0.25) is 0 Å². The number of para-hydroxylation sites is 1. The smallest absolute Gasteiger partial charge is 0.309 e. The first kappa shape index (κ1) is 17.6. The van der Waals surface area contributed by atoms with E-state index in [4.69, 9.17) is 9.47 Å². The molecule has 0 fully saturated rings. The first-order chi connectivity index (χ1) is 13.7. The van der Waals surface area contributed by atoms with Gasteiger partial charge < -0.3 is 9.47 Å². The molecule has 0 saturated heterocycles. The van der Waals surface area contributed by atoms with E-state index in [1.165, 1.54) is 7.11 Å². The monoisotopic (exact) mass is 371 g/mol. The SMILES string of the molecule is COC(=O)Cc1ccc(Oc2nc(-c3ccncc3)nc3ccccc23)cc1. The van der Waals surface area contributed by atoms with E-state index >= 15 is 0 Å². The maximum atomic E-state index is 11.4. The van der Waals surface area contributed by atoms with Crippen molar-refractivity contribution in [3.8, 4) is 23.0 Å². The summed E-state index contributed by atoms with van der Waals surface area (Å²) < 4.78 is 10.7. The first-order valence-corrected chi connectivity index (χ1v) is 8.74. The third-order valence-corrected chi connectivity index (χ3v) is 4.22. The Balaban J connectivity index is 1.69. The van der Waals surface area contributed by atoms with Crippen LogP contribution in [-0.2, 0) is 16.0 Å². The molecule has 0 saturated carbocycles. The van der Waals surface area contributed by atoms with Gasteiger partial charge in [0.25, 0.3) is 0 Å². The highest BCUT2D eigenvalue weighted by Crippen LogP contribution is 2.30. The van der Waals surface area contributed by atoms with Crippen LogP contribution in [0.4, 0.5) is 0 Å². The Kier molecular flexibility index (Phi) is 4.93. The molecule has 4 aromatic rings. The zero-order valence-electron chi connectivity index (χ0n) is 15.2. The third kappa shape index (κ3) is 3.81. The zero-order valence-corrected chi connectivity index (χ0v) is 15.2. The largest absolute Gasteiger partial charge is 0.469 e. The summed E-state index contributed by atoms with van der Waals surface area (Å²) in [5.74, 6) is 1.38. The maximum Gasteiger partial charge on any atom is 0.309 e. The van der Waals surface area contributed by atoms with Gasteiger partial charge in [-0.15, -0.1) is 0 Å². The first-order valence-electron chi connectivity index (χ1n) is 8.74. The van der Waals surface area contributed by atoms with Crippen LogP contribution in [0.15, 0.2) is 73.1 Å². The molecule has 2 aromatic carbocycles. The summed E-state index contributed by atoms with van der Waals surface area (Å²) in [6.45, 7) is 0. The van der Waals surface area contributed by atoms with Gasteiger partial charge in [0, 0.05) is 18.0 Å². The molecule has 6 heteroatoms. The second-order valence-electron chi connectivity index (χ2n) is 6.10. The molecule has 6 nitrogen and oxygen atoms in total. The highest BCUT2D eigenvalue weighted by molar-refractivity contribution is 5.85. The van der Waals surface area contributed by atoms with E-state index in [-0.39, 0.29) is 12.4 Å². The highest BCUT2D eigenvalue weighted by Gasteiger charge is 2.11. The number of hydrogen-bond acceptors (Lipinski definition) is 6. The molecular formula is C22H17N3O3. The van der Waals surface area contributed by atoms with Gasteiger partial charge in [-0.1, -0.05) is 24.3 Å². The Labute approximate surface area is 161 Å². The normalized spacial score (nSPS) is 10.6. The Bertz CT molecular complexity index is 1110. The molecule has 0 unspecified atom stereocenters. The summed E-state index contributed by atoms with van der Waals surface area (Å²) in [6, 6.07) is 18.7. The number of rotatable bonds is 5. The highest BCUT2D eigenvalue weighted by atomic mass is 16.5. The summed E-state index contributed by atoms with van der Waals surface area (Å²) in [5, 5.41) is 0.818. The van der Waals surface area contributed by atoms with Gasteiger partial charge in [0.1, 0.15) is 5.75 Å². The number of benzene rings is 2. The van der Waals surface area contributed by atoms with Gasteiger partial charge in [-0.05, 0) is 42.0 Å². The van der Waals surface area contributed by atoms with Crippen molar-refractivity contribution in [2.45, 2.75) is 6.42 Å². The molecule has 4 rings (SSSR count). The number of carbonyl (C=O) groups is 1. The molecule has 2 aromatic heterocycles. The lowest BCUT2D eigenvalue weighted by molar-refractivity contribution is -0.139. The lowest BCUT2D eigenvalue weighted by atomic mass is 10.1. The topological polar surface area (TPSA) is 74.2 Å². The van der Waals surface area contributed by atoms with Crippen LogP contribution in [0.5, 0.6) is 11.6 Å². The van der Waals surface area contributed by atoms with Crippen molar-refractivity contribution >= 4 is 16.9 Å². The molecule has 28 heavy (non-hydrogen) atoms. The number of fused-ring (bicyclic) bond motifs is 1. The second-order valence-corrected chi connectivity index (χ2v) is 6.10. The quantitative estimate of drug-likeness (QED) is 0.490. The van der Waals surface area contributed by atoms with Gasteiger partial charge in [0.05, 0.1) is 24.4 Å². The van der Waals surface area contributed by atoms with E-state index in [0.29, 0.717) is 17.5 Å². The molecule has 138 valence electrons. The van der Waals surface area contributed by atoms with Gasteiger partial charge in [-0.25, -0.2) is 4.98 Å². The van der Waals surface area contributed by atoms with Crippen LogP contribution >= 0.6 is 0 Å². The summed E-state index contributed by atoms with van der Waals surface area (Å²) in [6.07, 6.45) is 3.63. The number of nitrogens with zero attached hydrogens (tertiary/aromatic N) is 3. The summed E-state index contributed by atoms with van der Waals surface area (Å²) in [4.78, 5) is 24.7. The number of pyridine rings is 1. The van der Waals surface area contributed by atoms with Crippen molar-refractivity contribution in [2.75, 3.05) is 7.11 Å². The van der Waals surface area contributed by atoms with Crippen LogP contribution in [0.25, 0.3) is 22.3 Å². The molecule has 0 N–H and O–H groups in total. The van der Waals surface area contributed by atoms with Gasteiger partial charge in [-0.2, -0.15) is 4.98 Å². The molecule has 0 amide bonds. The van der Waals surface area contributed by atoms with Crippen LogP contribution in [0.1, 0.15) is 5.56 Å². The summed E-state index contributed by atoms with van der Waals surface area (Å²) >= 11 is 0. The molecule has 0 aliphatic carbocycles. The van der Waals surface area contributed by atoms with E-state index in [9.17, 15) is 4.79 Å².